The van der Waals surface area contributed by atoms with Crippen molar-refractivity contribution >= 4 is 24.1 Å². The predicted octanol–water partition coefficient (Wildman–Crippen LogP) is 7.51. The Morgan fingerprint density at radius 3 is 2.48 bits per heavy atom. The molecule has 7 heteroatoms. The minimum absolute atomic E-state index is 0.0500. The smallest absolute Gasteiger partial charge is 0.224 e. The van der Waals surface area contributed by atoms with Crippen LogP contribution in [-0.4, -0.2) is 58.9 Å². The summed E-state index contributed by atoms with van der Waals surface area (Å²) in [5, 5.41) is 13.5. The molecule has 1 saturated carbocycles. The van der Waals surface area contributed by atoms with Gasteiger partial charge in [-0.1, -0.05) is 80.1 Å². The number of carbonyl (C=O) groups is 2. The van der Waals surface area contributed by atoms with Crippen LogP contribution in [0.4, 0.5) is 0 Å². The van der Waals surface area contributed by atoms with Crippen LogP contribution >= 0.6 is 11.8 Å². The van der Waals surface area contributed by atoms with Crippen LogP contribution in [0.3, 0.4) is 0 Å². The number of phenols is 1. The summed E-state index contributed by atoms with van der Waals surface area (Å²) in [5.74, 6) is 2.71. The Labute approximate surface area is 269 Å². The molecule has 0 bridgehead atoms. The standard InChI is InChI=1S/C32H42N2O2.C5H9NOS/c1-6-7-8-9-12-24(3)34(5)22-26-16-18-27(19-17-26)29-13-10-11-14-30(29)32(36)33-25(4)28-20-15-23(2)21-31(28)35;7-5-6-1-3-8-4-2-6/h6-9,15-21,25,29-30,35H,3,10-14,22H2,1-2,4-5H3,(H,33,36);5H,1-4H2/b7-6-,9-8?;/t25?,29-,30?;/m1./s1. The van der Waals surface area contributed by atoms with Crippen LogP contribution < -0.4 is 5.32 Å². The summed E-state index contributed by atoms with van der Waals surface area (Å²) in [5.41, 5.74) is 5.31. The van der Waals surface area contributed by atoms with Crippen LogP contribution in [0.5, 0.6) is 5.75 Å². The molecule has 1 aliphatic carbocycles. The van der Waals surface area contributed by atoms with Crippen LogP contribution in [0.25, 0.3) is 0 Å². The molecule has 2 fully saturated rings. The maximum atomic E-state index is 13.3. The van der Waals surface area contributed by atoms with E-state index in [9.17, 15) is 14.7 Å². The van der Waals surface area contributed by atoms with Gasteiger partial charge in [-0.15, -0.1) is 0 Å². The Hall–Kier alpha value is -3.45. The van der Waals surface area contributed by atoms with Crippen molar-refractivity contribution in [1.82, 2.24) is 15.1 Å². The molecule has 6 nitrogen and oxygen atoms in total. The number of nitrogens with one attached hydrogen (secondary N) is 1. The number of rotatable bonds is 11. The number of carbonyl (C=O) groups excluding carboxylic acids is 2. The molecule has 2 aromatic rings. The number of phenolic OH excluding ortho intramolecular Hbond substituents is 1. The number of aromatic hydroxyl groups is 1. The number of thioether (sulfide) groups is 1. The molecular weight excluding hydrogens is 566 g/mol. The normalized spacial score (nSPS) is 19.2. The summed E-state index contributed by atoms with van der Waals surface area (Å²) in [6.45, 7) is 12.8. The first kappa shape index (κ1) is 35.0. The van der Waals surface area contributed by atoms with Gasteiger partial charge >= 0.3 is 0 Å². The minimum Gasteiger partial charge on any atom is -0.508 e. The van der Waals surface area contributed by atoms with Gasteiger partial charge in [0, 0.05) is 61.8 Å². The SMILES string of the molecule is C=C(CC=C/C=C\C)N(C)Cc1ccc([C@H]2CCCCC2C(=O)NC(C)c2ccc(C)cc2O)cc1.O=CN1CCSCC1. The Kier molecular flexibility index (Phi) is 14.6. The molecule has 0 radical (unpaired) electrons. The van der Waals surface area contributed by atoms with E-state index in [0.29, 0.717) is 0 Å². The van der Waals surface area contributed by atoms with Crippen molar-refractivity contribution in [3.8, 4) is 5.75 Å². The highest BCUT2D eigenvalue weighted by Crippen LogP contribution is 2.39. The summed E-state index contributed by atoms with van der Waals surface area (Å²) >= 11 is 1.91. The molecule has 238 valence electrons. The molecule has 0 aromatic heterocycles. The van der Waals surface area contributed by atoms with Crippen LogP contribution in [0.15, 0.2) is 79.0 Å². The molecule has 0 spiro atoms. The van der Waals surface area contributed by atoms with Gasteiger partial charge in [-0.2, -0.15) is 11.8 Å². The van der Waals surface area contributed by atoms with Gasteiger partial charge in [0.1, 0.15) is 5.75 Å². The number of allylic oxidation sites excluding steroid dienone is 4. The van der Waals surface area contributed by atoms with Crippen molar-refractivity contribution in [2.75, 3.05) is 31.6 Å². The lowest BCUT2D eigenvalue weighted by atomic mass is 9.74. The average Bonchev–Trinajstić information content (AvgIpc) is 3.04. The van der Waals surface area contributed by atoms with Gasteiger partial charge in [0.15, 0.2) is 0 Å². The molecular formula is C37H51N3O3S. The Balaban J connectivity index is 0.000000572. The number of amides is 2. The van der Waals surface area contributed by atoms with Gasteiger partial charge in [-0.05, 0) is 62.3 Å². The van der Waals surface area contributed by atoms with Crippen LogP contribution in [0.1, 0.15) is 80.2 Å². The molecule has 2 amide bonds. The second-order valence-electron chi connectivity index (χ2n) is 11.9. The first-order valence-electron chi connectivity index (χ1n) is 15.9. The van der Waals surface area contributed by atoms with Crippen molar-refractivity contribution < 1.29 is 14.7 Å². The predicted molar refractivity (Wildman–Crippen MR) is 185 cm³/mol. The Morgan fingerprint density at radius 2 is 1.84 bits per heavy atom. The molecule has 44 heavy (non-hydrogen) atoms. The average molecular weight is 618 g/mol. The van der Waals surface area contributed by atoms with Crippen molar-refractivity contribution in [3.05, 3.63) is 101 Å². The molecule has 2 aliphatic rings. The van der Waals surface area contributed by atoms with E-state index in [2.05, 4.69) is 60.3 Å². The number of hydrogen-bond donors (Lipinski definition) is 2. The fourth-order valence-corrected chi connectivity index (χ4v) is 6.68. The lowest BCUT2D eigenvalue weighted by Crippen LogP contribution is -2.37. The maximum Gasteiger partial charge on any atom is 0.224 e. The van der Waals surface area contributed by atoms with E-state index < -0.39 is 0 Å². The summed E-state index contributed by atoms with van der Waals surface area (Å²) < 4.78 is 0. The highest BCUT2D eigenvalue weighted by atomic mass is 32.2. The van der Waals surface area contributed by atoms with E-state index in [-0.39, 0.29) is 29.5 Å². The van der Waals surface area contributed by atoms with E-state index >= 15 is 0 Å². The topological polar surface area (TPSA) is 72.9 Å². The molecule has 4 rings (SSSR count). The van der Waals surface area contributed by atoms with E-state index in [1.165, 1.54) is 11.1 Å². The monoisotopic (exact) mass is 617 g/mol. The molecule has 2 aromatic carbocycles. The number of nitrogens with zero attached hydrogens (tertiary/aromatic N) is 2. The molecule has 3 atom stereocenters. The summed E-state index contributed by atoms with van der Waals surface area (Å²) in [6.07, 6.45) is 14.1. The van der Waals surface area contributed by atoms with E-state index in [0.717, 1.165) is 86.5 Å². The lowest BCUT2D eigenvalue weighted by molar-refractivity contribution is -0.127. The van der Waals surface area contributed by atoms with Gasteiger partial charge in [0.2, 0.25) is 12.3 Å². The van der Waals surface area contributed by atoms with Crippen LogP contribution in [-0.2, 0) is 16.1 Å². The number of benzene rings is 2. The first-order chi connectivity index (χ1) is 21.2. The third-order valence-electron chi connectivity index (χ3n) is 8.47. The van der Waals surface area contributed by atoms with Gasteiger partial charge in [-0.25, -0.2) is 0 Å². The quantitative estimate of drug-likeness (QED) is 0.202. The van der Waals surface area contributed by atoms with E-state index in [1.807, 2.05) is 61.7 Å². The Bertz CT molecular complexity index is 1270. The van der Waals surface area contributed by atoms with Gasteiger partial charge in [-0.3, -0.25) is 9.59 Å². The molecule has 1 heterocycles. The van der Waals surface area contributed by atoms with Gasteiger partial charge in [0.05, 0.1) is 6.04 Å². The number of hydrogen-bond acceptors (Lipinski definition) is 5. The Morgan fingerprint density at radius 1 is 1.14 bits per heavy atom. The van der Waals surface area contributed by atoms with Crippen molar-refractivity contribution in [2.24, 2.45) is 5.92 Å². The number of aryl methyl sites for hydroxylation is 1. The molecule has 2 N–H and O–H groups in total. The molecule has 2 unspecified atom stereocenters. The van der Waals surface area contributed by atoms with Crippen molar-refractivity contribution in [2.45, 2.75) is 71.4 Å². The molecule has 1 saturated heterocycles. The zero-order valence-electron chi connectivity index (χ0n) is 27.0. The fourth-order valence-electron chi connectivity index (χ4n) is 5.75. The largest absolute Gasteiger partial charge is 0.508 e. The van der Waals surface area contributed by atoms with Crippen LogP contribution in [0, 0.1) is 12.8 Å². The van der Waals surface area contributed by atoms with E-state index in [4.69, 9.17) is 0 Å². The van der Waals surface area contributed by atoms with Crippen molar-refractivity contribution in [3.63, 3.8) is 0 Å². The van der Waals surface area contributed by atoms with Crippen molar-refractivity contribution in [1.29, 1.82) is 0 Å². The zero-order valence-corrected chi connectivity index (χ0v) is 27.8. The van der Waals surface area contributed by atoms with Gasteiger partial charge < -0.3 is 20.2 Å². The maximum absolute atomic E-state index is 13.3. The highest BCUT2D eigenvalue weighted by Gasteiger charge is 2.33. The van der Waals surface area contributed by atoms with E-state index in [1.54, 1.807) is 6.07 Å². The molecule has 1 aliphatic heterocycles. The first-order valence-corrected chi connectivity index (χ1v) is 17.0. The van der Waals surface area contributed by atoms with Crippen LogP contribution in [0.2, 0.25) is 0 Å². The fraction of sp³-hybridized carbons (Fsp3) is 0.459. The minimum atomic E-state index is -0.237. The summed E-state index contributed by atoms with van der Waals surface area (Å²) in [6, 6.07) is 14.1. The van der Waals surface area contributed by atoms with Gasteiger partial charge in [0.25, 0.3) is 0 Å². The second kappa shape index (κ2) is 18.4. The lowest BCUT2D eigenvalue weighted by Gasteiger charge is -2.32. The summed E-state index contributed by atoms with van der Waals surface area (Å²) in [4.78, 5) is 27.4. The highest BCUT2D eigenvalue weighted by molar-refractivity contribution is 7.99. The zero-order chi connectivity index (χ0) is 31.9. The second-order valence-corrected chi connectivity index (χ2v) is 13.1. The third kappa shape index (κ3) is 10.9. The summed E-state index contributed by atoms with van der Waals surface area (Å²) in [7, 11) is 2.08. The third-order valence-corrected chi connectivity index (χ3v) is 9.41.